The normalized spacial score (nSPS) is 12.6. The molecule has 102 valence electrons. The molecule has 1 unspecified atom stereocenters. The number of halogens is 2. The average molecular weight is 342 g/mol. The first-order chi connectivity index (χ1) is 9.10. The van der Waals surface area contributed by atoms with Gasteiger partial charge in [-0.05, 0) is 55.8 Å². The maximum atomic E-state index is 13.4. The zero-order valence-electron chi connectivity index (χ0n) is 11.0. The van der Waals surface area contributed by atoms with Crippen LogP contribution in [0.5, 0.6) is 0 Å². The largest absolute Gasteiger partial charge is 0.309 e. The molecule has 0 saturated heterocycles. The van der Waals surface area contributed by atoms with E-state index >= 15 is 0 Å². The van der Waals surface area contributed by atoms with Crippen molar-refractivity contribution >= 4 is 27.3 Å². The summed E-state index contributed by atoms with van der Waals surface area (Å²) in [4.78, 5) is 2.60. The molecule has 4 heteroatoms. The number of likely N-dealkylation sites (N-methyl/N-ethyl adjacent to an activating group) is 1. The standard InChI is InChI=1S/C15H17BrFNS/c1-3-18-14(15-7-4-10(2)19-15)9-11-8-12(17)5-6-13(11)16/h4-8,14,18H,3,9H2,1-2H3. The minimum absolute atomic E-state index is 0.184. The summed E-state index contributed by atoms with van der Waals surface area (Å²) in [6.07, 6.45) is 0.784. The third-order valence-corrected chi connectivity index (χ3v) is 4.87. The summed E-state index contributed by atoms with van der Waals surface area (Å²) in [5.41, 5.74) is 0.997. The first kappa shape index (κ1) is 14.7. The molecule has 0 aliphatic rings. The lowest BCUT2D eigenvalue weighted by Crippen LogP contribution is -2.22. The molecule has 1 nitrogen and oxygen atoms in total. The van der Waals surface area contributed by atoms with Crippen molar-refractivity contribution in [2.75, 3.05) is 6.54 Å². The lowest BCUT2D eigenvalue weighted by atomic mass is 10.0. The summed E-state index contributed by atoms with van der Waals surface area (Å²) >= 11 is 5.29. The smallest absolute Gasteiger partial charge is 0.123 e. The van der Waals surface area contributed by atoms with E-state index in [1.807, 2.05) is 0 Å². The Kier molecular flexibility index (Phi) is 5.13. The van der Waals surface area contributed by atoms with Crippen LogP contribution in [-0.4, -0.2) is 6.54 Å². The highest BCUT2D eigenvalue weighted by Crippen LogP contribution is 2.28. The van der Waals surface area contributed by atoms with Crippen molar-refractivity contribution in [1.82, 2.24) is 5.32 Å². The molecule has 1 aromatic heterocycles. The van der Waals surface area contributed by atoms with Crippen molar-refractivity contribution in [2.24, 2.45) is 0 Å². The van der Waals surface area contributed by atoms with E-state index in [0.717, 1.165) is 23.0 Å². The van der Waals surface area contributed by atoms with E-state index in [1.54, 1.807) is 23.5 Å². The van der Waals surface area contributed by atoms with Crippen molar-refractivity contribution < 1.29 is 4.39 Å². The summed E-state index contributed by atoms with van der Waals surface area (Å²) in [7, 11) is 0. The summed E-state index contributed by atoms with van der Waals surface area (Å²) < 4.78 is 14.3. The molecular formula is C15H17BrFNS. The van der Waals surface area contributed by atoms with Crippen molar-refractivity contribution in [1.29, 1.82) is 0 Å². The van der Waals surface area contributed by atoms with Gasteiger partial charge in [-0.3, -0.25) is 0 Å². The molecule has 0 aliphatic carbocycles. The molecule has 19 heavy (non-hydrogen) atoms. The number of hydrogen-bond donors (Lipinski definition) is 1. The molecule has 0 saturated carbocycles. The van der Waals surface area contributed by atoms with Gasteiger partial charge in [0, 0.05) is 20.3 Å². The summed E-state index contributed by atoms with van der Waals surface area (Å²) in [6.45, 7) is 5.10. The Morgan fingerprint density at radius 3 is 2.74 bits per heavy atom. The van der Waals surface area contributed by atoms with E-state index in [1.165, 1.54) is 15.8 Å². The highest BCUT2D eigenvalue weighted by Gasteiger charge is 2.15. The Bertz CT molecular complexity index is 553. The minimum Gasteiger partial charge on any atom is -0.309 e. The first-order valence-electron chi connectivity index (χ1n) is 6.33. The molecule has 0 spiro atoms. The molecule has 1 N–H and O–H groups in total. The van der Waals surface area contributed by atoms with Crippen LogP contribution in [0.15, 0.2) is 34.8 Å². The molecule has 1 heterocycles. The van der Waals surface area contributed by atoms with E-state index in [-0.39, 0.29) is 11.9 Å². The summed E-state index contributed by atoms with van der Waals surface area (Å²) in [5.74, 6) is -0.184. The Morgan fingerprint density at radius 2 is 2.11 bits per heavy atom. The quantitative estimate of drug-likeness (QED) is 0.819. The summed E-state index contributed by atoms with van der Waals surface area (Å²) in [6, 6.07) is 9.38. The number of benzene rings is 1. The van der Waals surface area contributed by atoms with E-state index in [4.69, 9.17) is 0 Å². The number of nitrogens with one attached hydrogen (secondary N) is 1. The van der Waals surface area contributed by atoms with Crippen LogP contribution in [0.25, 0.3) is 0 Å². The van der Waals surface area contributed by atoms with E-state index in [2.05, 4.69) is 47.2 Å². The van der Waals surface area contributed by atoms with Gasteiger partial charge in [0.05, 0.1) is 0 Å². The second-order valence-corrected chi connectivity index (χ2v) is 6.67. The van der Waals surface area contributed by atoms with Crippen LogP contribution in [0.4, 0.5) is 4.39 Å². The molecular weight excluding hydrogens is 325 g/mol. The monoisotopic (exact) mass is 341 g/mol. The van der Waals surface area contributed by atoms with Gasteiger partial charge in [-0.1, -0.05) is 22.9 Å². The molecule has 0 radical (unpaired) electrons. The fourth-order valence-corrected chi connectivity index (χ4v) is 3.44. The number of aryl methyl sites for hydroxylation is 1. The maximum absolute atomic E-state index is 13.4. The Labute approximate surface area is 126 Å². The van der Waals surface area contributed by atoms with Crippen LogP contribution < -0.4 is 5.32 Å². The van der Waals surface area contributed by atoms with Gasteiger partial charge in [0.15, 0.2) is 0 Å². The molecule has 1 aromatic carbocycles. The van der Waals surface area contributed by atoms with E-state index < -0.39 is 0 Å². The highest BCUT2D eigenvalue weighted by molar-refractivity contribution is 9.10. The molecule has 1 atom stereocenters. The van der Waals surface area contributed by atoms with Crippen LogP contribution in [0, 0.1) is 12.7 Å². The molecule has 0 amide bonds. The van der Waals surface area contributed by atoms with Gasteiger partial charge in [-0.15, -0.1) is 11.3 Å². The van der Waals surface area contributed by atoms with E-state index in [9.17, 15) is 4.39 Å². The van der Waals surface area contributed by atoms with Crippen molar-refractivity contribution in [3.05, 3.63) is 55.9 Å². The third-order valence-electron chi connectivity index (χ3n) is 2.99. The van der Waals surface area contributed by atoms with Crippen LogP contribution in [-0.2, 0) is 6.42 Å². The predicted molar refractivity (Wildman–Crippen MR) is 83.3 cm³/mol. The zero-order chi connectivity index (χ0) is 13.8. The van der Waals surface area contributed by atoms with Crippen molar-refractivity contribution in [2.45, 2.75) is 26.3 Å². The van der Waals surface area contributed by atoms with Gasteiger partial charge < -0.3 is 5.32 Å². The first-order valence-corrected chi connectivity index (χ1v) is 7.94. The molecule has 0 bridgehead atoms. The zero-order valence-corrected chi connectivity index (χ0v) is 13.4. The average Bonchev–Trinajstić information content (AvgIpc) is 2.80. The minimum atomic E-state index is -0.184. The summed E-state index contributed by atoms with van der Waals surface area (Å²) in [5, 5.41) is 3.47. The molecule has 0 aliphatic heterocycles. The van der Waals surface area contributed by atoms with Gasteiger partial charge in [-0.25, -0.2) is 4.39 Å². The second-order valence-electron chi connectivity index (χ2n) is 4.50. The van der Waals surface area contributed by atoms with Crippen LogP contribution in [0.2, 0.25) is 0 Å². The Morgan fingerprint density at radius 1 is 1.32 bits per heavy atom. The fraction of sp³-hybridized carbons (Fsp3) is 0.333. The molecule has 2 aromatic rings. The number of rotatable bonds is 5. The van der Waals surface area contributed by atoms with Crippen molar-refractivity contribution in [3.8, 4) is 0 Å². The van der Waals surface area contributed by atoms with Gasteiger partial charge >= 0.3 is 0 Å². The third kappa shape index (κ3) is 3.88. The van der Waals surface area contributed by atoms with Crippen LogP contribution >= 0.6 is 27.3 Å². The number of thiophene rings is 1. The SMILES string of the molecule is CCNC(Cc1cc(F)ccc1Br)c1ccc(C)s1. The van der Waals surface area contributed by atoms with Gasteiger partial charge in [0.1, 0.15) is 5.82 Å². The lowest BCUT2D eigenvalue weighted by Gasteiger charge is -2.17. The lowest BCUT2D eigenvalue weighted by molar-refractivity contribution is 0.553. The predicted octanol–water partition coefficient (Wildman–Crippen LogP) is 4.85. The Balaban J connectivity index is 2.23. The molecule has 0 fully saturated rings. The maximum Gasteiger partial charge on any atom is 0.123 e. The fourth-order valence-electron chi connectivity index (χ4n) is 2.08. The van der Waals surface area contributed by atoms with Crippen LogP contribution in [0.3, 0.4) is 0 Å². The number of hydrogen-bond acceptors (Lipinski definition) is 2. The van der Waals surface area contributed by atoms with Crippen molar-refractivity contribution in [3.63, 3.8) is 0 Å². The Hall–Kier alpha value is -0.710. The van der Waals surface area contributed by atoms with Gasteiger partial charge in [-0.2, -0.15) is 0 Å². The van der Waals surface area contributed by atoms with E-state index in [0.29, 0.717) is 0 Å². The van der Waals surface area contributed by atoms with Gasteiger partial charge in [0.2, 0.25) is 0 Å². The highest BCUT2D eigenvalue weighted by atomic mass is 79.9. The second kappa shape index (κ2) is 6.64. The van der Waals surface area contributed by atoms with Gasteiger partial charge in [0.25, 0.3) is 0 Å². The topological polar surface area (TPSA) is 12.0 Å². The molecule has 2 rings (SSSR count). The van der Waals surface area contributed by atoms with Crippen LogP contribution in [0.1, 0.15) is 28.3 Å².